The first kappa shape index (κ1) is 20.5. The molecule has 1 heterocycles. The molecule has 1 aromatic rings. The van der Waals surface area contributed by atoms with Gasteiger partial charge in [-0.1, -0.05) is 19.1 Å². The molecule has 28 heavy (non-hydrogen) atoms. The number of nitrogens with two attached hydrogens (primary N) is 1. The Morgan fingerprint density at radius 2 is 1.75 bits per heavy atom. The molecule has 0 spiro atoms. The Bertz CT molecular complexity index is 727. The van der Waals surface area contributed by atoms with Gasteiger partial charge < -0.3 is 16.0 Å². The van der Waals surface area contributed by atoms with Crippen LogP contribution in [0, 0.1) is 5.92 Å². The van der Waals surface area contributed by atoms with Gasteiger partial charge in [-0.25, -0.2) is 4.79 Å². The summed E-state index contributed by atoms with van der Waals surface area (Å²) in [6.07, 6.45) is -0.839. The number of hydrogen-bond acceptors (Lipinski definition) is 2. The quantitative estimate of drug-likeness (QED) is 0.820. The molecule has 1 aliphatic heterocycles. The van der Waals surface area contributed by atoms with E-state index < -0.39 is 11.7 Å². The lowest BCUT2D eigenvalue weighted by Gasteiger charge is -2.30. The summed E-state index contributed by atoms with van der Waals surface area (Å²) >= 11 is 0. The number of alkyl halides is 3. The number of benzene rings is 1. The Morgan fingerprint density at radius 3 is 2.29 bits per heavy atom. The van der Waals surface area contributed by atoms with E-state index in [1.807, 2.05) is 6.92 Å². The predicted molar refractivity (Wildman–Crippen MR) is 98.5 cm³/mol. The summed E-state index contributed by atoms with van der Waals surface area (Å²) in [7, 11) is 0. The minimum absolute atomic E-state index is 0.0287. The van der Waals surface area contributed by atoms with Crippen LogP contribution in [-0.4, -0.2) is 36.0 Å². The molecule has 3 rings (SSSR count). The highest BCUT2D eigenvalue weighted by Crippen LogP contribution is 2.36. The van der Waals surface area contributed by atoms with Crippen molar-refractivity contribution in [3.63, 3.8) is 0 Å². The van der Waals surface area contributed by atoms with Crippen molar-refractivity contribution in [2.24, 2.45) is 11.7 Å². The number of nitrogens with one attached hydrogen (secondary N) is 1. The van der Waals surface area contributed by atoms with Crippen LogP contribution in [0.25, 0.3) is 0 Å². The fourth-order valence-electron chi connectivity index (χ4n) is 4.22. The number of carbonyl (C=O) groups excluding carboxylic acids is 2. The number of halogens is 3. The Kier molecular flexibility index (Phi) is 5.59. The summed E-state index contributed by atoms with van der Waals surface area (Å²) in [5.41, 5.74) is 5.10. The molecule has 1 unspecified atom stereocenters. The second kappa shape index (κ2) is 7.64. The molecule has 154 valence electrons. The zero-order chi connectivity index (χ0) is 20.5. The van der Waals surface area contributed by atoms with E-state index in [0.29, 0.717) is 32.4 Å². The maximum Gasteiger partial charge on any atom is 0.416 e. The highest BCUT2D eigenvalue weighted by molar-refractivity contribution is 5.77. The molecule has 3 amide bonds. The molecule has 0 aromatic heterocycles. The number of hydrogen-bond donors (Lipinski definition) is 2. The summed E-state index contributed by atoms with van der Waals surface area (Å²) in [4.78, 5) is 25.6. The lowest BCUT2D eigenvalue weighted by molar-refractivity contribution is -0.137. The SMILES string of the molecule is CC1(c2ccc(C(F)(F)F)cc2)CCN(C(=O)NC2CCC(C(N)=O)CC2)C1. The van der Waals surface area contributed by atoms with Crippen LogP contribution in [0.5, 0.6) is 0 Å². The summed E-state index contributed by atoms with van der Waals surface area (Å²) < 4.78 is 38.3. The lowest BCUT2D eigenvalue weighted by atomic mass is 9.81. The zero-order valence-electron chi connectivity index (χ0n) is 15.9. The van der Waals surface area contributed by atoms with Crippen LogP contribution in [0.15, 0.2) is 24.3 Å². The van der Waals surface area contributed by atoms with Gasteiger partial charge in [-0.15, -0.1) is 0 Å². The number of likely N-dealkylation sites (tertiary alicyclic amines) is 1. The summed E-state index contributed by atoms with van der Waals surface area (Å²) in [6.45, 7) is 2.99. The van der Waals surface area contributed by atoms with Gasteiger partial charge in [-0.2, -0.15) is 13.2 Å². The fourth-order valence-corrected chi connectivity index (χ4v) is 4.22. The summed E-state index contributed by atoms with van der Waals surface area (Å²) in [6, 6.07) is 5.09. The van der Waals surface area contributed by atoms with Crippen LogP contribution < -0.4 is 11.1 Å². The molecular formula is C20H26F3N3O2. The Balaban J connectivity index is 1.57. The third kappa shape index (κ3) is 4.42. The molecule has 2 fully saturated rings. The van der Waals surface area contributed by atoms with E-state index in [-0.39, 0.29) is 29.3 Å². The minimum atomic E-state index is -4.35. The summed E-state index contributed by atoms with van der Waals surface area (Å²) in [5, 5.41) is 3.02. The van der Waals surface area contributed by atoms with Gasteiger partial charge in [0.05, 0.1) is 5.56 Å². The van der Waals surface area contributed by atoms with E-state index in [2.05, 4.69) is 5.32 Å². The van der Waals surface area contributed by atoms with E-state index in [0.717, 1.165) is 30.5 Å². The minimum Gasteiger partial charge on any atom is -0.369 e. The molecule has 2 aliphatic rings. The highest BCUT2D eigenvalue weighted by Gasteiger charge is 2.39. The molecule has 1 saturated carbocycles. The Morgan fingerprint density at radius 1 is 1.14 bits per heavy atom. The standard InChI is InChI=1S/C20H26F3N3O2/c1-19(14-4-6-15(7-5-14)20(21,22)23)10-11-26(12-19)18(28)25-16-8-2-13(3-9-16)17(24)27/h4-7,13,16H,2-3,8-12H2,1H3,(H2,24,27)(H,25,28). The van der Waals surface area contributed by atoms with Crippen molar-refractivity contribution in [2.45, 2.75) is 56.7 Å². The number of rotatable bonds is 3. The van der Waals surface area contributed by atoms with Gasteiger partial charge in [0.25, 0.3) is 0 Å². The molecular weight excluding hydrogens is 371 g/mol. The van der Waals surface area contributed by atoms with Crippen LogP contribution in [0.2, 0.25) is 0 Å². The van der Waals surface area contributed by atoms with Crippen molar-refractivity contribution in [2.75, 3.05) is 13.1 Å². The molecule has 0 bridgehead atoms. The van der Waals surface area contributed by atoms with E-state index in [4.69, 9.17) is 5.73 Å². The van der Waals surface area contributed by atoms with E-state index >= 15 is 0 Å². The first-order valence-corrected chi connectivity index (χ1v) is 9.61. The maximum absolute atomic E-state index is 12.8. The van der Waals surface area contributed by atoms with E-state index in [9.17, 15) is 22.8 Å². The topological polar surface area (TPSA) is 75.4 Å². The van der Waals surface area contributed by atoms with Gasteiger partial charge in [0.2, 0.25) is 5.91 Å². The van der Waals surface area contributed by atoms with Crippen molar-refractivity contribution < 1.29 is 22.8 Å². The number of amides is 3. The fraction of sp³-hybridized carbons (Fsp3) is 0.600. The summed E-state index contributed by atoms with van der Waals surface area (Å²) in [5.74, 6) is -0.389. The van der Waals surface area contributed by atoms with Gasteiger partial charge in [0.1, 0.15) is 0 Å². The number of carbonyl (C=O) groups is 2. The van der Waals surface area contributed by atoms with Crippen LogP contribution in [0.1, 0.15) is 50.2 Å². The van der Waals surface area contributed by atoms with E-state index in [1.165, 1.54) is 12.1 Å². The molecule has 1 saturated heterocycles. The smallest absolute Gasteiger partial charge is 0.369 e. The zero-order valence-corrected chi connectivity index (χ0v) is 15.9. The Hall–Kier alpha value is -2.25. The lowest BCUT2D eigenvalue weighted by Crippen LogP contribution is -2.46. The van der Waals surface area contributed by atoms with Crippen molar-refractivity contribution >= 4 is 11.9 Å². The molecule has 1 atom stereocenters. The number of primary amides is 1. The van der Waals surface area contributed by atoms with Crippen molar-refractivity contribution in [3.05, 3.63) is 35.4 Å². The van der Waals surface area contributed by atoms with Gasteiger partial charge in [0.15, 0.2) is 0 Å². The van der Waals surface area contributed by atoms with Gasteiger partial charge in [-0.05, 0) is 49.8 Å². The van der Waals surface area contributed by atoms with Gasteiger partial charge >= 0.3 is 12.2 Å². The van der Waals surface area contributed by atoms with Crippen LogP contribution >= 0.6 is 0 Å². The van der Waals surface area contributed by atoms with Crippen molar-refractivity contribution in [1.29, 1.82) is 0 Å². The third-order valence-corrected chi connectivity index (χ3v) is 6.13. The molecule has 1 aliphatic carbocycles. The largest absolute Gasteiger partial charge is 0.416 e. The molecule has 0 radical (unpaired) electrons. The average molecular weight is 397 g/mol. The van der Waals surface area contributed by atoms with Crippen molar-refractivity contribution in [3.8, 4) is 0 Å². The van der Waals surface area contributed by atoms with Crippen LogP contribution in [0.3, 0.4) is 0 Å². The molecule has 1 aromatic carbocycles. The Labute approximate surface area is 162 Å². The van der Waals surface area contributed by atoms with Crippen molar-refractivity contribution in [1.82, 2.24) is 10.2 Å². The van der Waals surface area contributed by atoms with E-state index in [1.54, 1.807) is 4.90 Å². The third-order valence-electron chi connectivity index (χ3n) is 6.13. The monoisotopic (exact) mass is 397 g/mol. The molecule has 3 N–H and O–H groups in total. The normalized spacial score (nSPS) is 28.2. The predicted octanol–water partition coefficient (Wildman–Crippen LogP) is 3.42. The maximum atomic E-state index is 12.8. The van der Waals surface area contributed by atoms with Crippen LogP contribution in [-0.2, 0) is 16.4 Å². The first-order chi connectivity index (χ1) is 13.1. The van der Waals surface area contributed by atoms with Crippen LogP contribution in [0.4, 0.5) is 18.0 Å². The average Bonchev–Trinajstić information content (AvgIpc) is 3.05. The molecule has 5 nitrogen and oxygen atoms in total. The second-order valence-corrected chi connectivity index (χ2v) is 8.21. The van der Waals surface area contributed by atoms with Gasteiger partial charge in [-0.3, -0.25) is 4.79 Å². The highest BCUT2D eigenvalue weighted by atomic mass is 19.4. The number of nitrogens with zero attached hydrogens (tertiary/aromatic N) is 1. The number of urea groups is 1. The first-order valence-electron chi connectivity index (χ1n) is 9.61. The van der Waals surface area contributed by atoms with Gasteiger partial charge in [0, 0.05) is 30.5 Å². The molecule has 8 heteroatoms. The second-order valence-electron chi connectivity index (χ2n) is 8.21.